The van der Waals surface area contributed by atoms with Crippen molar-refractivity contribution in [2.45, 2.75) is 39.3 Å². The van der Waals surface area contributed by atoms with Gasteiger partial charge in [0, 0.05) is 12.1 Å². The minimum Gasteiger partial charge on any atom is -0.481 e. The van der Waals surface area contributed by atoms with E-state index < -0.39 is 18.1 Å². The molecule has 0 aliphatic rings. The van der Waals surface area contributed by atoms with Gasteiger partial charge in [-0.25, -0.2) is 0 Å². The lowest BCUT2D eigenvalue weighted by molar-refractivity contribution is -0.137. The van der Waals surface area contributed by atoms with Gasteiger partial charge in [0.1, 0.15) is 0 Å². The molecule has 0 spiro atoms. The summed E-state index contributed by atoms with van der Waals surface area (Å²) < 4.78 is 0. The molecular formula is C13H20N2O2. The van der Waals surface area contributed by atoms with Gasteiger partial charge in [-0.2, -0.15) is 0 Å². The number of aryl methyl sites for hydroxylation is 3. The smallest absolute Gasteiger partial charge is 0.304 e. The summed E-state index contributed by atoms with van der Waals surface area (Å²) in [6, 6.07) is 3.05. The van der Waals surface area contributed by atoms with Crippen molar-refractivity contribution in [1.82, 2.24) is 0 Å². The second-order valence-corrected chi connectivity index (χ2v) is 4.58. The van der Waals surface area contributed by atoms with E-state index in [2.05, 4.69) is 6.07 Å². The Morgan fingerprint density at radius 3 is 2.24 bits per heavy atom. The van der Waals surface area contributed by atoms with E-state index in [1.54, 1.807) is 0 Å². The minimum absolute atomic E-state index is 0.118. The van der Waals surface area contributed by atoms with Crippen molar-refractivity contribution in [2.75, 3.05) is 0 Å². The number of hydrogen-bond donors (Lipinski definition) is 3. The van der Waals surface area contributed by atoms with Crippen LogP contribution in [-0.2, 0) is 4.79 Å². The van der Waals surface area contributed by atoms with Crippen LogP contribution in [0.1, 0.15) is 34.7 Å². The Kier molecular flexibility index (Phi) is 4.26. The molecule has 1 aromatic rings. The van der Waals surface area contributed by atoms with Gasteiger partial charge in [-0.15, -0.1) is 0 Å². The maximum absolute atomic E-state index is 10.6. The molecule has 0 aliphatic heterocycles. The Bertz CT molecular complexity index is 430. The van der Waals surface area contributed by atoms with Crippen molar-refractivity contribution in [2.24, 2.45) is 11.5 Å². The van der Waals surface area contributed by atoms with Gasteiger partial charge in [-0.05, 0) is 43.0 Å². The number of benzene rings is 1. The molecule has 2 atom stereocenters. The van der Waals surface area contributed by atoms with E-state index in [0.29, 0.717) is 0 Å². The van der Waals surface area contributed by atoms with Crippen LogP contribution in [0.25, 0.3) is 0 Å². The standard InChI is InChI=1S/C13H20N2O2/c1-7-4-9(3)10(5-8(7)2)13(15)11(14)6-12(16)17/h4-5,11,13H,6,14-15H2,1-3H3,(H,16,17). The minimum atomic E-state index is -0.922. The highest BCUT2D eigenvalue weighted by Gasteiger charge is 2.20. The molecule has 4 nitrogen and oxygen atoms in total. The lowest BCUT2D eigenvalue weighted by atomic mass is 9.91. The van der Waals surface area contributed by atoms with Crippen LogP contribution >= 0.6 is 0 Å². The second-order valence-electron chi connectivity index (χ2n) is 4.58. The van der Waals surface area contributed by atoms with Gasteiger partial charge in [-0.1, -0.05) is 12.1 Å². The first-order valence-electron chi connectivity index (χ1n) is 5.63. The van der Waals surface area contributed by atoms with Gasteiger partial charge in [0.2, 0.25) is 0 Å². The number of carboxylic acids is 1. The molecule has 0 amide bonds. The molecule has 0 fully saturated rings. The molecule has 0 bridgehead atoms. The van der Waals surface area contributed by atoms with Gasteiger partial charge in [0.15, 0.2) is 0 Å². The Hall–Kier alpha value is -1.39. The van der Waals surface area contributed by atoms with Crippen molar-refractivity contribution < 1.29 is 9.90 Å². The quantitative estimate of drug-likeness (QED) is 0.737. The van der Waals surface area contributed by atoms with Crippen molar-refractivity contribution in [3.63, 3.8) is 0 Å². The summed E-state index contributed by atoms with van der Waals surface area (Å²) in [4.78, 5) is 10.6. The molecule has 0 aromatic heterocycles. The summed E-state index contributed by atoms with van der Waals surface area (Å²) in [5.41, 5.74) is 16.2. The average molecular weight is 236 g/mol. The van der Waals surface area contributed by atoms with Crippen molar-refractivity contribution in [3.05, 3.63) is 34.4 Å². The third-order valence-electron chi connectivity index (χ3n) is 3.11. The third kappa shape index (κ3) is 3.28. The maximum Gasteiger partial charge on any atom is 0.304 e. The second kappa shape index (κ2) is 5.29. The molecule has 0 saturated carbocycles. The van der Waals surface area contributed by atoms with E-state index in [4.69, 9.17) is 16.6 Å². The van der Waals surface area contributed by atoms with Crippen LogP contribution < -0.4 is 11.5 Å². The van der Waals surface area contributed by atoms with E-state index in [1.807, 2.05) is 26.8 Å². The van der Waals surface area contributed by atoms with E-state index in [1.165, 1.54) is 5.56 Å². The summed E-state index contributed by atoms with van der Waals surface area (Å²) in [6.07, 6.45) is -0.118. The fraction of sp³-hybridized carbons (Fsp3) is 0.462. The van der Waals surface area contributed by atoms with Crippen LogP contribution in [0.15, 0.2) is 12.1 Å². The fourth-order valence-corrected chi connectivity index (χ4v) is 1.90. The summed E-state index contributed by atoms with van der Waals surface area (Å²) >= 11 is 0. The Morgan fingerprint density at radius 2 is 1.71 bits per heavy atom. The third-order valence-corrected chi connectivity index (χ3v) is 3.11. The van der Waals surface area contributed by atoms with Gasteiger partial charge in [0.05, 0.1) is 6.42 Å². The molecular weight excluding hydrogens is 216 g/mol. The number of hydrogen-bond acceptors (Lipinski definition) is 3. The zero-order valence-electron chi connectivity index (χ0n) is 10.5. The monoisotopic (exact) mass is 236 g/mol. The first-order chi connectivity index (χ1) is 7.82. The molecule has 94 valence electrons. The van der Waals surface area contributed by atoms with Crippen LogP contribution in [0.4, 0.5) is 0 Å². The van der Waals surface area contributed by atoms with Crippen LogP contribution in [0, 0.1) is 20.8 Å². The van der Waals surface area contributed by atoms with E-state index in [0.717, 1.165) is 16.7 Å². The fourth-order valence-electron chi connectivity index (χ4n) is 1.90. The average Bonchev–Trinajstić information content (AvgIpc) is 2.21. The molecule has 0 aliphatic carbocycles. The molecule has 0 radical (unpaired) electrons. The van der Waals surface area contributed by atoms with Crippen LogP contribution in [0.5, 0.6) is 0 Å². The SMILES string of the molecule is Cc1cc(C)c(C(N)C(N)CC(=O)O)cc1C. The van der Waals surface area contributed by atoms with Gasteiger partial charge in [0.25, 0.3) is 0 Å². The van der Waals surface area contributed by atoms with Gasteiger partial charge < -0.3 is 16.6 Å². The summed E-state index contributed by atoms with van der Waals surface area (Å²) in [6.45, 7) is 6.01. The number of aliphatic carboxylic acids is 1. The Balaban J connectivity index is 2.99. The topological polar surface area (TPSA) is 89.3 Å². The highest BCUT2D eigenvalue weighted by Crippen LogP contribution is 2.22. The Morgan fingerprint density at radius 1 is 1.18 bits per heavy atom. The van der Waals surface area contributed by atoms with Crippen molar-refractivity contribution >= 4 is 5.97 Å². The van der Waals surface area contributed by atoms with Crippen molar-refractivity contribution in [1.29, 1.82) is 0 Å². The normalized spacial score (nSPS) is 14.4. The highest BCUT2D eigenvalue weighted by atomic mass is 16.4. The summed E-state index contributed by atoms with van der Waals surface area (Å²) in [5.74, 6) is -0.922. The first kappa shape index (κ1) is 13.7. The molecule has 1 aromatic carbocycles. The van der Waals surface area contributed by atoms with Crippen LogP contribution in [0.2, 0.25) is 0 Å². The zero-order valence-corrected chi connectivity index (χ0v) is 10.5. The Labute approximate surface area is 102 Å². The van der Waals surface area contributed by atoms with Gasteiger partial charge in [-0.3, -0.25) is 4.79 Å². The highest BCUT2D eigenvalue weighted by molar-refractivity contribution is 5.67. The molecule has 17 heavy (non-hydrogen) atoms. The van der Waals surface area contributed by atoms with E-state index in [-0.39, 0.29) is 6.42 Å². The van der Waals surface area contributed by atoms with E-state index in [9.17, 15) is 4.79 Å². The largest absolute Gasteiger partial charge is 0.481 e. The number of carbonyl (C=O) groups is 1. The number of rotatable bonds is 4. The van der Waals surface area contributed by atoms with Gasteiger partial charge >= 0.3 is 5.97 Å². The van der Waals surface area contributed by atoms with Crippen LogP contribution in [-0.4, -0.2) is 17.1 Å². The first-order valence-corrected chi connectivity index (χ1v) is 5.63. The summed E-state index contributed by atoms with van der Waals surface area (Å²) in [7, 11) is 0. The zero-order chi connectivity index (χ0) is 13.2. The predicted octanol–water partition coefficient (Wildman–Crippen LogP) is 1.41. The van der Waals surface area contributed by atoms with E-state index >= 15 is 0 Å². The molecule has 1 rings (SSSR count). The molecule has 0 heterocycles. The number of carboxylic acid groups (broad SMARTS) is 1. The van der Waals surface area contributed by atoms with Crippen molar-refractivity contribution in [3.8, 4) is 0 Å². The molecule has 4 heteroatoms. The lowest BCUT2D eigenvalue weighted by Gasteiger charge is -2.21. The predicted molar refractivity (Wildman–Crippen MR) is 67.8 cm³/mol. The summed E-state index contributed by atoms with van der Waals surface area (Å²) in [5, 5.41) is 8.71. The number of nitrogens with two attached hydrogens (primary N) is 2. The lowest BCUT2D eigenvalue weighted by Crippen LogP contribution is -2.36. The maximum atomic E-state index is 10.6. The molecule has 0 saturated heterocycles. The molecule has 5 N–H and O–H groups in total. The van der Waals surface area contributed by atoms with Crippen LogP contribution in [0.3, 0.4) is 0 Å². The molecule has 2 unspecified atom stereocenters.